The van der Waals surface area contributed by atoms with Crippen LogP contribution in [0.4, 0.5) is 0 Å². The number of benzene rings is 2. The molecule has 2 aromatic carbocycles. The number of hydrogen-bond acceptors (Lipinski definition) is 7. The van der Waals surface area contributed by atoms with Crippen LogP contribution in [0.5, 0.6) is 0 Å². The molecule has 3 heterocycles. The minimum Gasteiger partial charge on any atom is -0.476 e. The van der Waals surface area contributed by atoms with Gasteiger partial charge in [-0.25, -0.2) is 17.9 Å². The molecule has 150 valence electrons. The number of nitrogens with zero attached hydrogens (tertiary/aromatic N) is 4. The summed E-state index contributed by atoms with van der Waals surface area (Å²) in [5.74, 6) is -0.983. The highest BCUT2D eigenvalue weighted by molar-refractivity contribution is 7.90. The quantitative estimate of drug-likeness (QED) is 0.534. The molecule has 30 heavy (non-hydrogen) atoms. The SMILES string of the molecule is Cc1nnc(-c2cccc(-n3nc(C(=O)O)c4c3-c3ccccc3S(=O)(=O)C4)c2)o1. The van der Waals surface area contributed by atoms with Gasteiger partial charge in [0.2, 0.25) is 11.8 Å². The molecule has 0 amide bonds. The molecule has 10 heteroatoms. The van der Waals surface area contributed by atoms with Crippen LogP contribution in [0.15, 0.2) is 57.8 Å². The average Bonchev–Trinajstić information content (AvgIpc) is 3.32. The van der Waals surface area contributed by atoms with E-state index in [0.29, 0.717) is 34.3 Å². The number of hydrogen-bond donors (Lipinski definition) is 1. The van der Waals surface area contributed by atoms with E-state index in [-0.39, 0.29) is 16.2 Å². The fraction of sp³-hybridized carbons (Fsp3) is 0.100. The van der Waals surface area contributed by atoms with E-state index in [4.69, 9.17) is 4.42 Å². The number of sulfone groups is 1. The number of carboxylic acid groups (broad SMARTS) is 1. The van der Waals surface area contributed by atoms with E-state index >= 15 is 0 Å². The highest BCUT2D eigenvalue weighted by Gasteiger charge is 2.35. The average molecular weight is 422 g/mol. The summed E-state index contributed by atoms with van der Waals surface area (Å²) in [4.78, 5) is 12.0. The van der Waals surface area contributed by atoms with Crippen LogP contribution in [0.1, 0.15) is 21.9 Å². The molecule has 1 N–H and O–H groups in total. The lowest BCUT2D eigenvalue weighted by molar-refractivity contribution is 0.0689. The number of aromatic nitrogens is 4. The van der Waals surface area contributed by atoms with E-state index in [1.165, 1.54) is 10.7 Å². The second kappa shape index (κ2) is 6.36. The zero-order valence-electron chi connectivity index (χ0n) is 15.6. The molecule has 4 aromatic rings. The number of carboxylic acids is 1. The zero-order valence-corrected chi connectivity index (χ0v) is 16.4. The summed E-state index contributed by atoms with van der Waals surface area (Å²) < 4.78 is 32.4. The first-order valence-electron chi connectivity index (χ1n) is 8.93. The maximum atomic E-state index is 12.7. The van der Waals surface area contributed by atoms with Gasteiger partial charge in [0.1, 0.15) is 0 Å². The van der Waals surface area contributed by atoms with Gasteiger partial charge in [-0.05, 0) is 24.3 Å². The molecule has 0 saturated heterocycles. The van der Waals surface area contributed by atoms with Crippen LogP contribution in [0, 0.1) is 6.92 Å². The summed E-state index contributed by atoms with van der Waals surface area (Å²) in [6, 6.07) is 13.5. The lowest BCUT2D eigenvalue weighted by Crippen LogP contribution is -2.15. The van der Waals surface area contributed by atoms with Crippen molar-refractivity contribution in [3.8, 4) is 28.4 Å². The smallest absolute Gasteiger partial charge is 0.356 e. The Kier molecular flexibility index (Phi) is 3.87. The van der Waals surface area contributed by atoms with Gasteiger partial charge in [0, 0.05) is 23.6 Å². The van der Waals surface area contributed by atoms with Crippen molar-refractivity contribution in [2.24, 2.45) is 0 Å². The van der Waals surface area contributed by atoms with Gasteiger partial charge in [0.05, 0.1) is 22.0 Å². The van der Waals surface area contributed by atoms with Gasteiger partial charge in [-0.15, -0.1) is 10.2 Å². The largest absolute Gasteiger partial charge is 0.476 e. The predicted molar refractivity (Wildman–Crippen MR) is 105 cm³/mol. The van der Waals surface area contributed by atoms with Crippen molar-refractivity contribution in [2.75, 3.05) is 0 Å². The number of carbonyl (C=O) groups is 1. The summed E-state index contributed by atoms with van der Waals surface area (Å²) >= 11 is 0. The first-order chi connectivity index (χ1) is 14.3. The maximum Gasteiger partial charge on any atom is 0.356 e. The minimum absolute atomic E-state index is 0.152. The van der Waals surface area contributed by atoms with Crippen molar-refractivity contribution >= 4 is 15.8 Å². The summed E-state index contributed by atoms with van der Waals surface area (Å²) in [6.07, 6.45) is 0. The molecular formula is C20H14N4O5S. The Morgan fingerprint density at radius 1 is 1.13 bits per heavy atom. The molecule has 5 rings (SSSR count). The second-order valence-corrected chi connectivity index (χ2v) is 8.78. The lowest BCUT2D eigenvalue weighted by atomic mass is 10.1. The lowest BCUT2D eigenvalue weighted by Gasteiger charge is -2.19. The monoisotopic (exact) mass is 422 g/mol. The number of aromatic carboxylic acids is 1. The molecule has 1 aliphatic heterocycles. The molecule has 9 nitrogen and oxygen atoms in total. The summed E-state index contributed by atoms with van der Waals surface area (Å²) in [5, 5.41) is 21.7. The molecule has 0 spiro atoms. The van der Waals surface area contributed by atoms with E-state index in [0.717, 1.165) is 0 Å². The van der Waals surface area contributed by atoms with Crippen LogP contribution < -0.4 is 0 Å². The fourth-order valence-electron chi connectivity index (χ4n) is 3.61. The molecule has 0 radical (unpaired) electrons. The van der Waals surface area contributed by atoms with Crippen molar-refractivity contribution < 1.29 is 22.7 Å². The number of rotatable bonds is 3. The third-order valence-corrected chi connectivity index (χ3v) is 6.56. The standard InChI is InChI=1S/C20H14N4O5S/c1-11-21-22-19(29-11)12-5-4-6-13(9-12)24-18-14-7-2-3-8-16(14)30(27,28)10-15(18)17(23-24)20(25)26/h2-9H,10H2,1H3,(H,25,26). The molecule has 0 atom stereocenters. The fourth-order valence-corrected chi connectivity index (χ4v) is 5.20. The molecule has 0 unspecified atom stereocenters. The predicted octanol–water partition coefficient (Wildman–Crippen LogP) is 2.88. The van der Waals surface area contributed by atoms with Gasteiger partial charge in [-0.2, -0.15) is 5.10 Å². The van der Waals surface area contributed by atoms with E-state index in [9.17, 15) is 18.3 Å². The highest BCUT2D eigenvalue weighted by atomic mass is 32.2. The molecule has 0 aliphatic carbocycles. The van der Waals surface area contributed by atoms with Gasteiger partial charge in [-0.3, -0.25) is 0 Å². The number of fused-ring (bicyclic) bond motifs is 3. The van der Waals surface area contributed by atoms with E-state index in [1.807, 2.05) is 0 Å². The molecule has 0 saturated carbocycles. The Labute approximate surface area is 170 Å². The Bertz CT molecular complexity index is 1440. The molecule has 1 aliphatic rings. The Balaban J connectivity index is 1.78. The van der Waals surface area contributed by atoms with Crippen LogP contribution in [0.3, 0.4) is 0 Å². The third kappa shape index (κ3) is 2.72. The van der Waals surface area contributed by atoms with Crippen molar-refractivity contribution in [1.29, 1.82) is 0 Å². The third-order valence-electron chi connectivity index (χ3n) is 4.86. The van der Waals surface area contributed by atoms with Gasteiger partial charge in [-0.1, -0.05) is 24.3 Å². The number of aryl methyl sites for hydroxylation is 1. The topological polar surface area (TPSA) is 128 Å². The van der Waals surface area contributed by atoms with Crippen molar-refractivity contribution in [1.82, 2.24) is 20.0 Å². The summed E-state index contributed by atoms with van der Waals surface area (Å²) in [7, 11) is -3.68. The van der Waals surface area contributed by atoms with E-state index in [2.05, 4.69) is 15.3 Å². The molecule has 0 bridgehead atoms. The van der Waals surface area contributed by atoms with Crippen LogP contribution in [-0.2, 0) is 15.6 Å². The normalized spacial score (nSPS) is 14.2. The van der Waals surface area contributed by atoms with E-state index < -0.39 is 21.6 Å². The van der Waals surface area contributed by atoms with Gasteiger partial charge in [0.25, 0.3) is 0 Å². The van der Waals surface area contributed by atoms with Gasteiger partial charge >= 0.3 is 5.97 Å². The van der Waals surface area contributed by atoms with Crippen LogP contribution in [0.25, 0.3) is 28.4 Å². The van der Waals surface area contributed by atoms with Crippen molar-refractivity contribution in [3.63, 3.8) is 0 Å². The first kappa shape index (κ1) is 18.3. The molecule has 2 aromatic heterocycles. The Hall–Kier alpha value is -3.79. The van der Waals surface area contributed by atoms with Crippen LogP contribution >= 0.6 is 0 Å². The summed E-state index contributed by atoms with van der Waals surface area (Å²) in [5.41, 5.74) is 1.91. The molecular weight excluding hydrogens is 408 g/mol. The second-order valence-electron chi connectivity index (χ2n) is 6.82. The van der Waals surface area contributed by atoms with Crippen molar-refractivity contribution in [3.05, 3.63) is 65.7 Å². The van der Waals surface area contributed by atoms with Crippen molar-refractivity contribution in [2.45, 2.75) is 17.6 Å². The van der Waals surface area contributed by atoms with Gasteiger partial charge < -0.3 is 9.52 Å². The van der Waals surface area contributed by atoms with E-state index in [1.54, 1.807) is 49.4 Å². The highest BCUT2D eigenvalue weighted by Crippen LogP contribution is 2.40. The minimum atomic E-state index is -3.68. The first-order valence-corrected chi connectivity index (χ1v) is 10.6. The zero-order chi connectivity index (χ0) is 21.0. The summed E-state index contributed by atoms with van der Waals surface area (Å²) in [6.45, 7) is 1.68. The van der Waals surface area contributed by atoms with Crippen LogP contribution in [0.2, 0.25) is 0 Å². The molecule has 0 fully saturated rings. The Morgan fingerprint density at radius 3 is 2.67 bits per heavy atom. The Morgan fingerprint density at radius 2 is 1.93 bits per heavy atom. The van der Waals surface area contributed by atoms with Crippen LogP contribution in [-0.4, -0.2) is 39.5 Å². The van der Waals surface area contributed by atoms with Gasteiger partial charge in [0.15, 0.2) is 15.5 Å². The maximum absolute atomic E-state index is 12.7.